The zero-order valence-corrected chi connectivity index (χ0v) is 17.4. The molecule has 1 atom stereocenters. The van der Waals surface area contributed by atoms with Gasteiger partial charge in [-0.25, -0.2) is 0 Å². The second-order valence-corrected chi connectivity index (χ2v) is 21.4. The predicted molar refractivity (Wildman–Crippen MR) is 97.1 cm³/mol. The molecule has 1 rings (SSSR count). The van der Waals surface area contributed by atoms with E-state index in [1.54, 1.807) is 0 Å². The Morgan fingerprint density at radius 2 is 1.55 bits per heavy atom. The minimum absolute atomic E-state index is 0.117. The molecule has 0 spiro atoms. The van der Waals surface area contributed by atoms with Crippen molar-refractivity contribution in [3.8, 4) is 0 Å². The van der Waals surface area contributed by atoms with Gasteiger partial charge in [0.1, 0.15) is 4.84 Å². The van der Waals surface area contributed by atoms with Crippen LogP contribution in [-0.4, -0.2) is 25.9 Å². The molecule has 120 valence electrons. The summed E-state index contributed by atoms with van der Waals surface area (Å²) < 4.78 is 7.05. The van der Waals surface area contributed by atoms with Gasteiger partial charge in [0.2, 0.25) is 0 Å². The fourth-order valence-electron chi connectivity index (χ4n) is 4.36. The van der Waals surface area contributed by atoms with Gasteiger partial charge in [0.25, 0.3) is 0 Å². The van der Waals surface area contributed by atoms with Crippen LogP contribution >= 0.6 is 23.2 Å². The van der Waals surface area contributed by atoms with Gasteiger partial charge in [-0.1, -0.05) is 52.8 Å². The number of halogens is 2. The Hall–Kier alpha value is 0.974. The van der Waals surface area contributed by atoms with E-state index in [1.165, 1.54) is 30.6 Å². The molecular weight excluding hydrogens is 323 g/mol. The molecule has 0 bridgehead atoms. The molecule has 0 saturated carbocycles. The third-order valence-electron chi connectivity index (χ3n) is 6.13. The van der Waals surface area contributed by atoms with Crippen LogP contribution in [0, 0.1) is 0 Å². The minimum Gasteiger partial charge on any atom is -0.414 e. The highest BCUT2D eigenvalue weighted by molar-refractivity contribution is 7.40. The van der Waals surface area contributed by atoms with E-state index in [-0.39, 0.29) is 10.4 Å². The van der Waals surface area contributed by atoms with Crippen LogP contribution in [0.25, 0.3) is 0 Å². The van der Waals surface area contributed by atoms with E-state index in [2.05, 4.69) is 34.6 Å². The highest BCUT2D eigenvalue weighted by atomic mass is 35.5. The Kier molecular flexibility index (Phi) is 7.13. The van der Waals surface area contributed by atoms with Crippen molar-refractivity contribution in [2.24, 2.45) is 0 Å². The molecule has 0 amide bonds. The minimum atomic E-state index is -1.80. The highest BCUT2D eigenvalue weighted by Gasteiger charge is 2.59. The van der Waals surface area contributed by atoms with Gasteiger partial charge in [-0.15, -0.1) is 23.2 Å². The number of rotatable bonds is 7. The summed E-state index contributed by atoms with van der Waals surface area (Å²) in [4.78, 5) is -0.254. The maximum atomic E-state index is 7.05. The first kappa shape index (κ1) is 19.0. The normalized spacial score (nSPS) is 28.8. The van der Waals surface area contributed by atoms with Gasteiger partial charge in [-0.05, 0) is 31.4 Å². The second kappa shape index (κ2) is 7.50. The first-order valence-corrected chi connectivity index (χ1v) is 15.2. The number of hydrogen-bond donors (Lipinski definition) is 0. The highest BCUT2D eigenvalue weighted by Crippen LogP contribution is 2.49. The van der Waals surface area contributed by atoms with E-state index in [4.69, 9.17) is 27.6 Å². The standard InChI is InChI=1S/C15H32Cl2OSi2/c1-6-15(7-2)11-12-19(8-3,9-4)20(10-5,18-15)13-14(16)17/h14H,6-13H2,1-5H3. The van der Waals surface area contributed by atoms with Crippen molar-refractivity contribution in [2.75, 3.05) is 0 Å². The first-order chi connectivity index (χ1) is 9.38. The number of alkyl halides is 2. The van der Waals surface area contributed by atoms with Gasteiger partial charge in [0, 0.05) is 0 Å². The fourth-order valence-corrected chi connectivity index (χ4v) is 25.2. The zero-order chi connectivity index (χ0) is 15.4. The SMILES string of the molecule is CCC1(CC)CC[Si](CC)(CC)[Si](CC)(CC(Cl)Cl)O1. The van der Waals surface area contributed by atoms with Crippen molar-refractivity contribution in [2.45, 2.75) is 94.5 Å². The van der Waals surface area contributed by atoms with Crippen LogP contribution in [0.3, 0.4) is 0 Å². The van der Waals surface area contributed by atoms with Gasteiger partial charge in [-0.3, -0.25) is 0 Å². The van der Waals surface area contributed by atoms with Crippen LogP contribution in [0.15, 0.2) is 0 Å². The lowest BCUT2D eigenvalue weighted by molar-refractivity contribution is 0.0415. The summed E-state index contributed by atoms with van der Waals surface area (Å²) in [5.74, 6) is 0. The smallest absolute Gasteiger partial charge is 0.183 e. The fraction of sp³-hybridized carbons (Fsp3) is 1.00. The van der Waals surface area contributed by atoms with Crippen molar-refractivity contribution >= 4 is 38.6 Å². The van der Waals surface area contributed by atoms with Gasteiger partial charge in [-0.2, -0.15) is 0 Å². The molecule has 1 aliphatic heterocycles. The largest absolute Gasteiger partial charge is 0.414 e. The van der Waals surface area contributed by atoms with E-state index < -0.39 is 15.4 Å². The molecule has 0 radical (unpaired) electrons. The van der Waals surface area contributed by atoms with Gasteiger partial charge in [0.15, 0.2) is 7.83 Å². The molecule has 1 saturated heterocycles. The molecule has 1 nitrogen and oxygen atoms in total. The quantitative estimate of drug-likeness (QED) is 0.384. The van der Waals surface area contributed by atoms with Crippen LogP contribution in [0.4, 0.5) is 0 Å². The van der Waals surface area contributed by atoms with Crippen LogP contribution in [0.1, 0.15) is 53.9 Å². The average Bonchev–Trinajstić information content (AvgIpc) is 2.46. The van der Waals surface area contributed by atoms with Crippen LogP contribution < -0.4 is 0 Å². The summed E-state index contributed by atoms with van der Waals surface area (Å²) in [6.07, 6.45) is 3.52. The molecule has 1 aliphatic rings. The summed E-state index contributed by atoms with van der Waals surface area (Å²) in [7, 11) is -3.15. The van der Waals surface area contributed by atoms with Crippen molar-refractivity contribution < 1.29 is 4.43 Å². The van der Waals surface area contributed by atoms with Gasteiger partial charge < -0.3 is 4.43 Å². The van der Waals surface area contributed by atoms with Gasteiger partial charge in [0.05, 0.1) is 13.2 Å². The Balaban J connectivity index is 3.23. The molecule has 0 aliphatic carbocycles. The van der Waals surface area contributed by atoms with E-state index in [1.807, 2.05) is 0 Å². The molecule has 5 heteroatoms. The maximum Gasteiger partial charge on any atom is 0.183 e. The summed E-state index contributed by atoms with van der Waals surface area (Å²) in [5.41, 5.74) is 0.117. The van der Waals surface area contributed by atoms with E-state index in [9.17, 15) is 0 Å². The van der Waals surface area contributed by atoms with Crippen LogP contribution in [0.5, 0.6) is 0 Å². The third-order valence-corrected chi connectivity index (χ3v) is 26.5. The van der Waals surface area contributed by atoms with Crippen LogP contribution in [0.2, 0.25) is 30.2 Å². The third kappa shape index (κ3) is 3.32. The maximum absolute atomic E-state index is 7.05. The average molecular weight is 355 g/mol. The molecule has 1 unspecified atom stereocenters. The summed E-state index contributed by atoms with van der Waals surface area (Å²) in [6, 6.07) is 6.25. The van der Waals surface area contributed by atoms with Crippen molar-refractivity contribution in [1.82, 2.24) is 0 Å². The lowest BCUT2D eigenvalue weighted by Crippen LogP contribution is -2.70. The molecule has 0 aromatic rings. The predicted octanol–water partition coefficient (Wildman–Crippen LogP) is 6.30. The summed E-state index contributed by atoms with van der Waals surface area (Å²) in [5, 5.41) is 0. The van der Waals surface area contributed by atoms with Gasteiger partial charge >= 0.3 is 0 Å². The molecule has 0 aromatic heterocycles. The second-order valence-electron chi connectivity index (χ2n) is 6.42. The molecular formula is C15H32Cl2OSi2. The topological polar surface area (TPSA) is 9.23 Å². The number of hydrogen-bond acceptors (Lipinski definition) is 1. The first-order valence-electron chi connectivity index (χ1n) is 8.37. The lowest BCUT2D eigenvalue weighted by atomic mass is 9.94. The summed E-state index contributed by atoms with van der Waals surface area (Å²) >= 11 is 12.5. The lowest BCUT2D eigenvalue weighted by Gasteiger charge is -2.57. The van der Waals surface area contributed by atoms with Crippen molar-refractivity contribution in [3.63, 3.8) is 0 Å². The monoisotopic (exact) mass is 354 g/mol. The molecule has 20 heavy (non-hydrogen) atoms. The summed E-state index contributed by atoms with van der Waals surface area (Å²) in [6.45, 7) is 11.7. The Bertz CT molecular complexity index is 304. The van der Waals surface area contributed by atoms with E-state index >= 15 is 0 Å². The Morgan fingerprint density at radius 3 is 1.90 bits per heavy atom. The van der Waals surface area contributed by atoms with Crippen LogP contribution in [-0.2, 0) is 4.43 Å². The molecule has 1 heterocycles. The molecule has 0 N–H and O–H groups in total. The van der Waals surface area contributed by atoms with E-state index in [0.29, 0.717) is 0 Å². The Morgan fingerprint density at radius 1 is 1.00 bits per heavy atom. The van der Waals surface area contributed by atoms with Crippen molar-refractivity contribution in [3.05, 3.63) is 0 Å². The molecule has 0 aromatic carbocycles. The Labute approximate surface area is 137 Å². The van der Waals surface area contributed by atoms with Crippen molar-refractivity contribution in [1.29, 1.82) is 0 Å². The zero-order valence-electron chi connectivity index (χ0n) is 13.9. The molecule has 1 fully saturated rings. The van der Waals surface area contributed by atoms with E-state index in [0.717, 1.165) is 18.9 Å².